The minimum atomic E-state index is -4.48. The van der Waals surface area contributed by atoms with Crippen LogP contribution in [0.25, 0.3) is 0 Å². The van der Waals surface area contributed by atoms with Crippen molar-refractivity contribution in [2.45, 2.75) is 19.0 Å². The number of carbonyl (C=O) groups is 2. The van der Waals surface area contributed by atoms with Gasteiger partial charge in [-0.25, -0.2) is 0 Å². The Balaban J connectivity index is 2.13. The van der Waals surface area contributed by atoms with E-state index in [2.05, 4.69) is 4.98 Å². The molecule has 102 valence electrons. The molecule has 4 nitrogen and oxygen atoms in total. The van der Waals surface area contributed by atoms with Crippen molar-refractivity contribution < 1.29 is 22.8 Å². The van der Waals surface area contributed by atoms with Crippen LogP contribution in [0, 0.1) is 0 Å². The molecule has 2 rings (SSSR count). The molecule has 2 heterocycles. The van der Waals surface area contributed by atoms with Crippen molar-refractivity contribution in [3.63, 3.8) is 0 Å². The second kappa shape index (κ2) is 4.99. The van der Waals surface area contributed by atoms with Crippen LogP contribution in [-0.4, -0.2) is 34.7 Å². The van der Waals surface area contributed by atoms with Crippen molar-refractivity contribution in [2.75, 3.05) is 13.1 Å². The summed E-state index contributed by atoms with van der Waals surface area (Å²) in [5.41, 5.74) is -0.985. The Morgan fingerprint density at radius 3 is 2.58 bits per heavy atom. The van der Waals surface area contributed by atoms with Gasteiger partial charge in [0.2, 0.25) is 0 Å². The van der Waals surface area contributed by atoms with Crippen LogP contribution in [0.5, 0.6) is 0 Å². The molecular weight excluding hydrogens is 261 g/mol. The van der Waals surface area contributed by atoms with Gasteiger partial charge in [-0.3, -0.25) is 14.6 Å². The highest BCUT2D eigenvalue weighted by Gasteiger charge is 2.31. The van der Waals surface area contributed by atoms with E-state index in [-0.39, 0.29) is 18.0 Å². The minimum absolute atomic E-state index is 0.00152. The summed E-state index contributed by atoms with van der Waals surface area (Å²) in [5, 5.41) is 0. The van der Waals surface area contributed by atoms with Crippen LogP contribution < -0.4 is 0 Å². The second-order valence-corrected chi connectivity index (χ2v) is 4.30. The van der Waals surface area contributed by atoms with E-state index in [0.717, 1.165) is 12.1 Å². The maximum Gasteiger partial charge on any atom is 0.417 e. The molecule has 1 aromatic heterocycles. The Kier molecular flexibility index (Phi) is 3.55. The van der Waals surface area contributed by atoms with Crippen LogP contribution in [0.3, 0.4) is 0 Å². The maximum absolute atomic E-state index is 12.3. The summed E-state index contributed by atoms with van der Waals surface area (Å²) in [4.78, 5) is 28.0. The SMILES string of the molecule is O=C1CCCN(C(=O)c2ccc(C(F)(F)F)cn2)C1. The highest BCUT2D eigenvalue weighted by Crippen LogP contribution is 2.28. The number of ketones is 1. The van der Waals surface area contributed by atoms with Gasteiger partial charge in [0.1, 0.15) is 5.69 Å². The van der Waals surface area contributed by atoms with Gasteiger partial charge in [-0.15, -0.1) is 0 Å². The first-order chi connectivity index (χ1) is 8.88. The number of hydrogen-bond acceptors (Lipinski definition) is 3. The van der Waals surface area contributed by atoms with E-state index in [4.69, 9.17) is 0 Å². The standard InChI is InChI=1S/C12H11F3N2O2/c13-12(14,15)8-3-4-10(16-6-8)11(19)17-5-1-2-9(18)7-17/h3-4,6H,1-2,5,7H2. The van der Waals surface area contributed by atoms with Crippen LogP contribution in [-0.2, 0) is 11.0 Å². The lowest BCUT2D eigenvalue weighted by Crippen LogP contribution is -2.40. The number of aromatic nitrogens is 1. The average Bonchev–Trinajstić information content (AvgIpc) is 2.37. The number of halogens is 3. The monoisotopic (exact) mass is 272 g/mol. The van der Waals surface area contributed by atoms with E-state index >= 15 is 0 Å². The largest absolute Gasteiger partial charge is 0.417 e. The topological polar surface area (TPSA) is 50.3 Å². The van der Waals surface area contributed by atoms with Gasteiger partial charge in [-0.05, 0) is 18.6 Å². The molecule has 1 aromatic rings. The number of Topliss-reactive ketones (excluding diaryl/α,β-unsaturated/α-hetero) is 1. The van der Waals surface area contributed by atoms with Crippen molar-refractivity contribution in [1.82, 2.24) is 9.88 Å². The number of amides is 1. The van der Waals surface area contributed by atoms with Crippen molar-refractivity contribution in [3.05, 3.63) is 29.6 Å². The highest BCUT2D eigenvalue weighted by atomic mass is 19.4. The van der Waals surface area contributed by atoms with Gasteiger partial charge in [0.25, 0.3) is 5.91 Å². The molecule has 0 atom stereocenters. The normalized spacial score (nSPS) is 16.6. The van der Waals surface area contributed by atoms with Crippen molar-refractivity contribution in [2.24, 2.45) is 0 Å². The summed E-state index contributed by atoms with van der Waals surface area (Å²) in [6, 6.07) is 1.84. The molecule has 0 N–H and O–H groups in total. The molecule has 1 aliphatic heterocycles. The fourth-order valence-electron chi connectivity index (χ4n) is 1.86. The molecule has 1 aliphatic rings. The summed E-state index contributed by atoms with van der Waals surface area (Å²) in [6.45, 7) is 0.425. The Bertz CT molecular complexity index is 497. The lowest BCUT2D eigenvalue weighted by Gasteiger charge is -2.25. The summed E-state index contributed by atoms with van der Waals surface area (Å²) in [6.07, 6.45) is -2.84. The first-order valence-electron chi connectivity index (χ1n) is 5.72. The average molecular weight is 272 g/mol. The van der Waals surface area contributed by atoms with E-state index in [0.29, 0.717) is 25.6 Å². The Hall–Kier alpha value is -1.92. The molecule has 0 saturated carbocycles. The van der Waals surface area contributed by atoms with E-state index in [1.165, 1.54) is 4.90 Å². The zero-order valence-electron chi connectivity index (χ0n) is 9.91. The van der Waals surface area contributed by atoms with Gasteiger partial charge >= 0.3 is 6.18 Å². The lowest BCUT2D eigenvalue weighted by molar-refractivity contribution is -0.137. The summed E-state index contributed by atoms with van der Waals surface area (Å²) in [7, 11) is 0. The van der Waals surface area contributed by atoms with E-state index in [9.17, 15) is 22.8 Å². The predicted molar refractivity (Wildman–Crippen MR) is 59.4 cm³/mol. The van der Waals surface area contributed by atoms with Crippen LogP contribution in [0.4, 0.5) is 13.2 Å². The molecular formula is C12H11F3N2O2. The maximum atomic E-state index is 12.3. The number of nitrogens with zero attached hydrogens (tertiary/aromatic N) is 2. The third kappa shape index (κ3) is 3.10. The third-order valence-corrected chi connectivity index (χ3v) is 2.85. The summed E-state index contributed by atoms with van der Waals surface area (Å²) >= 11 is 0. The Morgan fingerprint density at radius 2 is 2.05 bits per heavy atom. The molecule has 1 saturated heterocycles. The highest BCUT2D eigenvalue weighted by molar-refractivity contribution is 5.95. The van der Waals surface area contributed by atoms with Gasteiger partial charge in [0, 0.05) is 19.2 Å². The summed E-state index contributed by atoms with van der Waals surface area (Å²) in [5.74, 6) is -0.562. The zero-order chi connectivity index (χ0) is 14.0. The fraction of sp³-hybridized carbons (Fsp3) is 0.417. The van der Waals surface area contributed by atoms with E-state index in [1.807, 2.05) is 0 Å². The molecule has 0 aromatic carbocycles. The van der Waals surface area contributed by atoms with Crippen molar-refractivity contribution in [1.29, 1.82) is 0 Å². The number of hydrogen-bond donors (Lipinski definition) is 0. The Morgan fingerprint density at radius 1 is 1.32 bits per heavy atom. The van der Waals surface area contributed by atoms with Gasteiger partial charge in [0.05, 0.1) is 12.1 Å². The van der Waals surface area contributed by atoms with E-state index < -0.39 is 17.6 Å². The van der Waals surface area contributed by atoms with Gasteiger partial charge in [-0.2, -0.15) is 13.2 Å². The van der Waals surface area contributed by atoms with Gasteiger partial charge in [0.15, 0.2) is 5.78 Å². The van der Waals surface area contributed by atoms with Crippen LogP contribution in [0.1, 0.15) is 28.9 Å². The first kappa shape index (κ1) is 13.5. The molecule has 19 heavy (non-hydrogen) atoms. The molecule has 0 unspecified atom stereocenters. The second-order valence-electron chi connectivity index (χ2n) is 4.30. The first-order valence-corrected chi connectivity index (χ1v) is 5.72. The lowest BCUT2D eigenvalue weighted by atomic mass is 10.1. The van der Waals surface area contributed by atoms with Crippen LogP contribution in [0.15, 0.2) is 18.3 Å². The molecule has 0 aliphatic carbocycles. The van der Waals surface area contributed by atoms with E-state index in [1.54, 1.807) is 0 Å². The molecule has 1 fully saturated rings. The quantitative estimate of drug-likeness (QED) is 0.784. The summed E-state index contributed by atoms with van der Waals surface area (Å²) < 4.78 is 37.0. The Labute approximate surface area is 107 Å². The molecule has 0 bridgehead atoms. The third-order valence-electron chi connectivity index (χ3n) is 2.85. The minimum Gasteiger partial charge on any atom is -0.330 e. The zero-order valence-corrected chi connectivity index (χ0v) is 9.91. The molecule has 0 radical (unpaired) electrons. The number of likely N-dealkylation sites (tertiary alicyclic amines) is 1. The van der Waals surface area contributed by atoms with Crippen molar-refractivity contribution in [3.8, 4) is 0 Å². The van der Waals surface area contributed by atoms with Crippen molar-refractivity contribution >= 4 is 11.7 Å². The smallest absolute Gasteiger partial charge is 0.330 e. The fourth-order valence-corrected chi connectivity index (χ4v) is 1.86. The number of carbonyl (C=O) groups excluding carboxylic acids is 2. The number of alkyl halides is 3. The van der Waals surface area contributed by atoms with Crippen LogP contribution >= 0.6 is 0 Å². The predicted octanol–water partition coefficient (Wildman–Crippen LogP) is 1.91. The number of pyridine rings is 1. The number of piperidine rings is 1. The van der Waals surface area contributed by atoms with Gasteiger partial charge in [-0.1, -0.05) is 0 Å². The molecule has 1 amide bonds. The molecule has 7 heteroatoms. The molecule has 0 spiro atoms. The number of rotatable bonds is 1. The van der Waals surface area contributed by atoms with Gasteiger partial charge < -0.3 is 4.90 Å². The van der Waals surface area contributed by atoms with Crippen LogP contribution in [0.2, 0.25) is 0 Å².